The van der Waals surface area contributed by atoms with E-state index in [1.165, 1.54) is 5.56 Å². The van der Waals surface area contributed by atoms with E-state index in [2.05, 4.69) is 54.6 Å². The fourth-order valence-electron chi connectivity index (χ4n) is 2.31. The normalized spacial score (nSPS) is 20.8. The number of benzene rings is 1. The van der Waals surface area contributed by atoms with Crippen molar-refractivity contribution in [1.82, 2.24) is 5.01 Å². The predicted molar refractivity (Wildman–Crippen MR) is 81.5 cm³/mol. The van der Waals surface area contributed by atoms with E-state index in [0.29, 0.717) is 6.54 Å². The Kier molecular flexibility index (Phi) is 4.50. The first-order valence-electron chi connectivity index (χ1n) is 6.77. The highest BCUT2D eigenvalue weighted by molar-refractivity contribution is 5.85. The van der Waals surface area contributed by atoms with Gasteiger partial charge in [0.2, 0.25) is 0 Å². The van der Waals surface area contributed by atoms with Gasteiger partial charge in [-0.05, 0) is 18.4 Å². The molecule has 0 aromatic heterocycles. The topological polar surface area (TPSA) is 28.0 Å². The van der Waals surface area contributed by atoms with Gasteiger partial charge in [0.05, 0.1) is 12.6 Å². The molecule has 1 aromatic rings. The first kappa shape index (κ1) is 13.5. The minimum Gasteiger partial charge on any atom is -0.266 e. The van der Waals surface area contributed by atoms with E-state index in [9.17, 15) is 0 Å². The Morgan fingerprint density at radius 2 is 2.11 bits per heavy atom. The molecule has 1 heterocycles. The van der Waals surface area contributed by atoms with Gasteiger partial charge in [0.15, 0.2) is 0 Å². The van der Waals surface area contributed by atoms with E-state index in [-0.39, 0.29) is 6.04 Å². The third-order valence-corrected chi connectivity index (χ3v) is 3.52. The molecule has 0 aliphatic carbocycles. The van der Waals surface area contributed by atoms with Crippen molar-refractivity contribution in [2.24, 2.45) is 10.1 Å². The summed E-state index contributed by atoms with van der Waals surface area (Å²) in [6, 6.07) is 10.7. The van der Waals surface area contributed by atoms with Crippen LogP contribution in [-0.2, 0) is 0 Å². The largest absolute Gasteiger partial charge is 0.266 e. The monoisotopic (exact) mass is 255 g/mol. The lowest BCUT2D eigenvalue weighted by molar-refractivity contribution is 0.363. The minimum atomic E-state index is 0.271. The molecule has 0 radical (unpaired) electrons. The highest BCUT2D eigenvalue weighted by Crippen LogP contribution is 2.33. The van der Waals surface area contributed by atoms with Crippen molar-refractivity contribution in [2.75, 3.05) is 6.54 Å². The second-order valence-electron chi connectivity index (χ2n) is 4.79. The number of rotatable bonds is 5. The molecule has 100 valence electrons. The second kappa shape index (κ2) is 6.32. The SMILES string of the molecule is C=NN1C(=NCC(=C)CC)CCC1c1ccccc1. The van der Waals surface area contributed by atoms with Crippen molar-refractivity contribution in [3.05, 3.63) is 48.0 Å². The molecule has 1 aliphatic heterocycles. The Morgan fingerprint density at radius 1 is 1.37 bits per heavy atom. The van der Waals surface area contributed by atoms with Crippen LogP contribution in [0, 0.1) is 0 Å². The van der Waals surface area contributed by atoms with Crippen molar-refractivity contribution in [1.29, 1.82) is 0 Å². The first-order valence-corrected chi connectivity index (χ1v) is 6.77. The summed E-state index contributed by atoms with van der Waals surface area (Å²) in [4.78, 5) is 4.63. The van der Waals surface area contributed by atoms with Crippen LogP contribution in [0.5, 0.6) is 0 Å². The summed E-state index contributed by atoms with van der Waals surface area (Å²) < 4.78 is 0. The van der Waals surface area contributed by atoms with E-state index in [0.717, 1.165) is 30.7 Å². The fraction of sp³-hybridized carbons (Fsp3) is 0.375. The summed E-state index contributed by atoms with van der Waals surface area (Å²) in [6.07, 6.45) is 2.97. The molecule has 1 fully saturated rings. The number of amidine groups is 1. The Balaban J connectivity index is 2.14. The maximum atomic E-state index is 4.63. The summed E-state index contributed by atoms with van der Waals surface area (Å²) in [5, 5.41) is 6.11. The molecule has 3 nitrogen and oxygen atoms in total. The second-order valence-corrected chi connectivity index (χ2v) is 4.79. The van der Waals surface area contributed by atoms with Gasteiger partial charge in [-0.25, -0.2) is 5.01 Å². The Hall–Kier alpha value is -1.90. The molecule has 2 rings (SSSR count). The van der Waals surface area contributed by atoms with Gasteiger partial charge in [-0.3, -0.25) is 4.99 Å². The summed E-state index contributed by atoms with van der Waals surface area (Å²) in [6.45, 7) is 10.5. The van der Waals surface area contributed by atoms with Crippen molar-refractivity contribution >= 4 is 12.6 Å². The molecular formula is C16H21N3. The van der Waals surface area contributed by atoms with Crippen LogP contribution in [0.15, 0.2) is 52.6 Å². The lowest BCUT2D eigenvalue weighted by Crippen LogP contribution is -2.22. The molecule has 0 spiro atoms. The smallest absolute Gasteiger partial charge is 0.121 e. The van der Waals surface area contributed by atoms with Crippen LogP contribution in [0.4, 0.5) is 0 Å². The van der Waals surface area contributed by atoms with Crippen LogP contribution in [-0.4, -0.2) is 24.1 Å². The van der Waals surface area contributed by atoms with Gasteiger partial charge in [-0.15, -0.1) is 0 Å². The van der Waals surface area contributed by atoms with Crippen LogP contribution in [0.25, 0.3) is 0 Å². The van der Waals surface area contributed by atoms with Gasteiger partial charge < -0.3 is 0 Å². The van der Waals surface area contributed by atoms with Gasteiger partial charge in [0.1, 0.15) is 5.84 Å². The van der Waals surface area contributed by atoms with Crippen LogP contribution in [0.3, 0.4) is 0 Å². The molecule has 1 unspecified atom stereocenters. The lowest BCUT2D eigenvalue weighted by Gasteiger charge is -2.21. The van der Waals surface area contributed by atoms with Gasteiger partial charge in [0.25, 0.3) is 0 Å². The standard InChI is InChI=1S/C16H21N3/c1-4-13(2)12-18-16-11-10-15(19(16)17-3)14-8-6-5-7-9-14/h5-9,15H,2-4,10-12H2,1H3. The van der Waals surface area contributed by atoms with Crippen molar-refractivity contribution in [3.63, 3.8) is 0 Å². The van der Waals surface area contributed by atoms with Crippen molar-refractivity contribution < 1.29 is 0 Å². The molecule has 1 saturated heterocycles. The van der Waals surface area contributed by atoms with Gasteiger partial charge >= 0.3 is 0 Å². The zero-order chi connectivity index (χ0) is 13.7. The summed E-state index contributed by atoms with van der Waals surface area (Å²) in [5.74, 6) is 1.03. The maximum absolute atomic E-state index is 4.63. The van der Waals surface area contributed by atoms with E-state index >= 15 is 0 Å². The zero-order valence-corrected chi connectivity index (χ0v) is 11.5. The molecule has 0 N–H and O–H groups in total. The zero-order valence-electron chi connectivity index (χ0n) is 11.5. The third kappa shape index (κ3) is 3.11. The number of hydrogen-bond acceptors (Lipinski definition) is 2. The molecular weight excluding hydrogens is 234 g/mol. The number of hydrogen-bond donors (Lipinski definition) is 0. The Bertz CT molecular complexity index is 476. The highest BCUT2D eigenvalue weighted by atomic mass is 15.5. The number of hydrazone groups is 1. The summed E-state index contributed by atoms with van der Waals surface area (Å²) in [7, 11) is 0. The molecule has 1 aromatic carbocycles. The van der Waals surface area contributed by atoms with E-state index < -0.39 is 0 Å². The van der Waals surface area contributed by atoms with Gasteiger partial charge in [-0.1, -0.05) is 49.4 Å². The molecule has 1 atom stereocenters. The molecule has 0 bridgehead atoms. The van der Waals surface area contributed by atoms with Crippen molar-refractivity contribution in [2.45, 2.75) is 32.2 Å². The molecule has 3 heteroatoms. The Morgan fingerprint density at radius 3 is 2.74 bits per heavy atom. The summed E-state index contributed by atoms with van der Waals surface area (Å²) in [5.41, 5.74) is 2.43. The van der Waals surface area contributed by atoms with Gasteiger partial charge in [-0.2, -0.15) is 5.10 Å². The number of nitrogens with zero attached hydrogens (tertiary/aromatic N) is 3. The fourth-order valence-corrected chi connectivity index (χ4v) is 2.31. The van der Waals surface area contributed by atoms with Crippen LogP contribution in [0.1, 0.15) is 37.8 Å². The van der Waals surface area contributed by atoms with Gasteiger partial charge in [0, 0.05) is 13.1 Å². The minimum absolute atomic E-state index is 0.271. The predicted octanol–water partition coefficient (Wildman–Crippen LogP) is 3.80. The Labute approximate surface area is 115 Å². The van der Waals surface area contributed by atoms with E-state index in [4.69, 9.17) is 0 Å². The average molecular weight is 255 g/mol. The third-order valence-electron chi connectivity index (χ3n) is 3.52. The van der Waals surface area contributed by atoms with E-state index in [1.54, 1.807) is 0 Å². The lowest BCUT2D eigenvalue weighted by atomic mass is 10.1. The molecule has 1 aliphatic rings. The maximum Gasteiger partial charge on any atom is 0.121 e. The molecule has 19 heavy (non-hydrogen) atoms. The number of aliphatic imine (C=N–C) groups is 1. The molecule has 0 saturated carbocycles. The first-order chi connectivity index (χ1) is 9.26. The average Bonchev–Trinajstić information content (AvgIpc) is 2.88. The van der Waals surface area contributed by atoms with Crippen LogP contribution < -0.4 is 0 Å². The van der Waals surface area contributed by atoms with E-state index in [1.807, 2.05) is 11.1 Å². The van der Waals surface area contributed by atoms with Crippen LogP contribution >= 0.6 is 0 Å². The quantitative estimate of drug-likeness (QED) is 0.581. The summed E-state index contributed by atoms with van der Waals surface area (Å²) >= 11 is 0. The molecule has 0 amide bonds. The van der Waals surface area contributed by atoms with Crippen molar-refractivity contribution in [3.8, 4) is 0 Å². The van der Waals surface area contributed by atoms with Crippen LogP contribution in [0.2, 0.25) is 0 Å². The highest BCUT2D eigenvalue weighted by Gasteiger charge is 2.29.